The number of rotatable bonds is 5. The van der Waals surface area contributed by atoms with E-state index in [1.807, 2.05) is 6.07 Å². The number of hydrogen-bond donors (Lipinski definition) is 0. The molecule has 9 heteroatoms. The molecule has 0 unspecified atom stereocenters. The molecule has 0 radical (unpaired) electrons. The van der Waals surface area contributed by atoms with Crippen molar-refractivity contribution in [2.24, 2.45) is 0 Å². The third kappa shape index (κ3) is 3.09. The quantitative estimate of drug-likeness (QED) is 0.786. The number of aromatic nitrogens is 3. The molecule has 3 heterocycles. The molecule has 2 fully saturated rings. The van der Waals surface area contributed by atoms with Gasteiger partial charge in [-0.25, -0.2) is 18.4 Å². The van der Waals surface area contributed by atoms with Crippen LogP contribution in [0, 0.1) is 13.8 Å². The lowest BCUT2D eigenvalue weighted by Gasteiger charge is -2.38. The molecule has 26 heavy (non-hydrogen) atoms. The standard InChI is InChI=1S/C17H23N5O3S/c1-12-17(13(2)25-20-12)26(23,24)21-9-6-15(7-10-21)22(14-3-4-14)16-5-8-18-11-19-16/h5,8,11,14-15H,3-4,6-7,9-10H2,1-2H3. The Labute approximate surface area is 153 Å². The minimum Gasteiger partial charge on any atom is -0.360 e. The van der Waals surface area contributed by atoms with Crippen LogP contribution in [0.5, 0.6) is 0 Å². The molecule has 2 aromatic heterocycles. The molecule has 8 nitrogen and oxygen atoms in total. The molecule has 2 aromatic rings. The van der Waals surface area contributed by atoms with E-state index in [4.69, 9.17) is 4.52 Å². The molecule has 0 aromatic carbocycles. The summed E-state index contributed by atoms with van der Waals surface area (Å²) in [6.45, 7) is 4.29. The maximum Gasteiger partial charge on any atom is 0.248 e. The molecular weight excluding hydrogens is 354 g/mol. The smallest absolute Gasteiger partial charge is 0.248 e. The molecule has 2 aliphatic rings. The Morgan fingerprint density at radius 2 is 1.85 bits per heavy atom. The van der Waals surface area contributed by atoms with E-state index in [-0.39, 0.29) is 4.90 Å². The van der Waals surface area contributed by atoms with E-state index in [1.165, 1.54) is 12.8 Å². The average Bonchev–Trinajstić information content (AvgIpc) is 3.40. The van der Waals surface area contributed by atoms with Gasteiger partial charge in [-0.05, 0) is 45.6 Å². The second-order valence-electron chi connectivity index (χ2n) is 6.99. The zero-order valence-electron chi connectivity index (χ0n) is 15.0. The van der Waals surface area contributed by atoms with Crippen LogP contribution >= 0.6 is 0 Å². The van der Waals surface area contributed by atoms with Crippen molar-refractivity contribution in [3.05, 3.63) is 30.0 Å². The van der Waals surface area contributed by atoms with Gasteiger partial charge in [-0.15, -0.1) is 0 Å². The van der Waals surface area contributed by atoms with Crippen LogP contribution in [0.1, 0.15) is 37.1 Å². The van der Waals surface area contributed by atoms with Crippen molar-refractivity contribution in [3.63, 3.8) is 0 Å². The van der Waals surface area contributed by atoms with Crippen LogP contribution in [0.15, 0.2) is 28.0 Å². The van der Waals surface area contributed by atoms with Crippen LogP contribution < -0.4 is 4.90 Å². The van der Waals surface area contributed by atoms with Crippen molar-refractivity contribution < 1.29 is 12.9 Å². The Balaban J connectivity index is 1.50. The lowest BCUT2D eigenvalue weighted by Crippen LogP contribution is -2.48. The highest BCUT2D eigenvalue weighted by molar-refractivity contribution is 7.89. The zero-order chi connectivity index (χ0) is 18.3. The Hall–Kier alpha value is -2.00. The van der Waals surface area contributed by atoms with Gasteiger partial charge in [0.25, 0.3) is 0 Å². The molecular formula is C17H23N5O3S. The van der Waals surface area contributed by atoms with Gasteiger partial charge in [-0.2, -0.15) is 4.31 Å². The minimum atomic E-state index is -3.57. The van der Waals surface area contributed by atoms with Gasteiger partial charge < -0.3 is 9.42 Å². The highest BCUT2D eigenvalue weighted by Crippen LogP contribution is 2.36. The predicted molar refractivity (Wildman–Crippen MR) is 95.3 cm³/mol. The van der Waals surface area contributed by atoms with E-state index < -0.39 is 10.0 Å². The summed E-state index contributed by atoms with van der Waals surface area (Å²) in [4.78, 5) is 11.0. The minimum absolute atomic E-state index is 0.214. The summed E-state index contributed by atoms with van der Waals surface area (Å²) in [6.07, 6.45) is 7.23. The number of hydrogen-bond acceptors (Lipinski definition) is 7. The Morgan fingerprint density at radius 1 is 1.15 bits per heavy atom. The molecule has 0 amide bonds. The third-order valence-corrected chi connectivity index (χ3v) is 7.30. The fourth-order valence-corrected chi connectivity index (χ4v) is 5.55. The first-order valence-corrected chi connectivity index (χ1v) is 10.4. The number of piperidine rings is 1. The highest BCUT2D eigenvalue weighted by Gasteiger charge is 2.39. The van der Waals surface area contributed by atoms with E-state index in [9.17, 15) is 8.42 Å². The Morgan fingerprint density at radius 3 is 2.38 bits per heavy atom. The van der Waals surface area contributed by atoms with E-state index in [0.29, 0.717) is 36.6 Å². The van der Waals surface area contributed by atoms with Crippen molar-refractivity contribution in [1.29, 1.82) is 0 Å². The van der Waals surface area contributed by atoms with Gasteiger partial charge in [0.1, 0.15) is 22.7 Å². The molecule has 1 saturated heterocycles. The Bertz CT molecular complexity index is 852. The maximum atomic E-state index is 13.0. The topological polar surface area (TPSA) is 92.4 Å². The van der Waals surface area contributed by atoms with Gasteiger partial charge in [0.2, 0.25) is 10.0 Å². The van der Waals surface area contributed by atoms with Crippen molar-refractivity contribution in [2.45, 2.75) is 56.5 Å². The molecule has 1 aliphatic heterocycles. The molecule has 0 bridgehead atoms. The number of anilines is 1. The summed E-state index contributed by atoms with van der Waals surface area (Å²) in [6, 6.07) is 2.75. The number of sulfonamides is 1. The summed E-state index contributed by atoms with van der Waals surface area (Å²) in [5, 5.41) is 3.79. The lowest BCUT2D eigenvalue weighted by atomic mass is 10.0. The van der Waals surface area contributed by atoms with Crippen LogP contribution in [0.3, 0.4) is 0 Å². The summed E-state index contributed by atoms with van der Waals surface area (Å²) in [5.41, 5.74) is 0.421. The second kappa shape index (κ2) is 6.62. The monoisotopic (exact) mass is 377 g/mol. The molecule has 0 atom stereocenters. The van der Waals surface area contributed by atoms with Gasteiger partial charge in [0, 0.05) is 31.4 Å². The Kier molecular flexibility index (Phi) is 4.44. The van der Waals surface area contributed by atoms with Gasteiger partial charge in [0.05, 0.1) is 0 Å². The maximum absolute atomic E-state index is 13.0. The largest absolute Gasteiger partial charge is 0.360 e. The van der Waals surface area contributed by atoms with Crippen LogP contribution in [0.25, 0.3) is 0 Å². The van der Waals surface area contributed by atoms with E-state index in [1.54, 1.807) is 30.7 Å². The second-order valence-corrected chi connectivity index (χ2v) is 8.87. The average molecular weight is 377 g/mol. The van der Waals surface area contributed by atoms with Crippen LogP contribution in [-0.4, -0.2) is 53.0 Å². The molecule has 0 N–H and O–H groups in total. The van der Waals surface area contributed by atoms with Gasteiger partial charge in [0.15, 0.2) is 5.76 Å². The number of nitrogens with zero attached hydrogens (tertiary/aromatic N) is 5. The molecule has 1 saturated carbocycles. The normalized spacial score (nSPS) is 19.6. The third-order valence-electron chi connectivity index (χ3n) is 5.15. The number of aryl methyl sites for hydroxylation is 2. The van der Waals surface area contributed by atoms with Crippen molar-refractivity contribution in [3.8, 4) is 0 Å². The summed E-state index contributed by atoms with van der Waals surface area (Å²) in [7, 11) is -3.57. The zero-order valence-corrected chi connectivity index (χ0v) is 15.8. The molecule has 1 aliphatic carbocycles. The summed E-state index contributed by atoms with van der Waals surface area (Å²) < 4.78 is 32.6. The first-order chi connectivity index (χ1) is 12.5. The SMILES string of the molecule is Cc1noc(C)c1S(=O)(=O)N1CCC(N(c2ccncn2)C2CC2)CC1. The van der Waals surface area contributed by atoms with E-state index in [2.05, 4.69) is 20.0 Å². The summed E-state index contributed by atoms with van der Waals surface area (Å²) in [5.74, 6) is 1.29. The van der Waals surface area contributed by atoms with Gasteiger partial charge in [-0.1, -0.05) is 5.16 Å². The van der Waals surface area contributed by atoms with Crippen molar-refractivity contribution in [1.82, 2.24) is 19.4 Å². The van der Waals surface area contributed by atoms with E-state index in [0.717, 1.165) is 18.7 Å². The fourth-order valence-electron chi connectivity index (χ4n) is 3.79. The van der Waals surface area contributed by atoms with Crippen LogP contribution in [-0.2, 0) is 10.0 Å². The molecule has 0 spiro atoms. The van der Waals surface area contributed by atoms with Crippen LogP contribution in [0.4, 0.5) is 5.82 Å². The first-order valence-electron chi connectivity index (χ1n) is 8.96. The van der Waals surface area contributed by atoms with Gasteiger partial charge >= 0.3 is 0 Å². The van der Waals surface area contributed by atoms with Crippen molar-refractivity contribution in [2.75, 3.05) is 18.0 Å². The predicted octanol–water partition coefficient (Wildman–Crippen LogP) is 1.90. The van der Waals surface area contributed by atoms with Crippen LogP contribution in [0.2, 0.25) is 0 Å². The van der Waals surface area contributed by atoms with Gasteiger partial charge in [-0.3, -0.25) is 0 Å². The molecule has 4 rings (SSSR count). The van der Waals surface area contributed by atoms with E-state index >= 15 is 0 Å². The lowest BCUT2D eigenvalue weighted by molar-refractivity contribution is 0.307. The highest BCUT2D eigenvalue weighted by atomic mass is 32.2. The van der Waals surface area contributed by atoms with Crippen molar-refractivity contribution >= 4 is 15.8 Å². The summed E-state index contributed by atoms with van der Waals surface area (Å²) >= 11 is 0. The fraction of sp³-hybridized carbons (Fsp3) is 0.588. The molecule has 140 valence electrons. The first kappa shape index (κ1) is 17.4.